The summed E-state index contributed by atoms with van der Waals surface area (Å²) in [6, 6.07) is 26.5. The summed E-state index contributed by atoms with van der Waals surface area (Å²) in [5.74, 6) is 2.55. The maximum Gasteiger partial charge on any atom is 0.247 e. The molecule has 6 nitrogen and oxygen atoms in total. The molecule has 31 heavy (non-hydrogen) atoms. The van der Waals surface area contributed by atoms with Crippen LogP contribution >= 0.6 is 22.6 Å². The Kier molecular flexibility index (Phi) is 6.51. The zero-order chi connectivity index (χ0) is 21.6. The van der Waals surface area contributed by atoms with E-state index >= 15 is 0 Å². The number of hydrogen-bond acceptors (Lipinski definition) is 5. The van der Waals surface area contributed by atoms with Gasteiger partial charge >= 0.3 is 0 Å². The summed E-state index contributed by atoms with van der Waals surface area (Å²) in [5.41, 5.74) is 4.15. The monoisotopic (exact) mass is 520 g/mol. The molecule has 0 amide bonds. The zero-order valence-corrected chi connectivity index (χ0v) is 19.3. The number of anilines is 2. The lowest BCUT2D eigenvalue weighted by Gasteiger charge is -2.09. The normalized spacial score (nSPS) is 10.4. The number of hydrogen-bond donors (Lipinski definition) is 2. The molecule has 5 rings (SSSR count). The minimum absolute atomic E-state index is 0.483. The fraction of sp³-hybridized carbons (Fsp3) is 0.0833. The van der Waals surface area contributed by atoms with Crippen LogP contribution in [0.3, 0.4) is 0 Å². The van der Waals surface area contributed by atoms with Gasteiger partial charge in [0.25, 0.3) is 0 Å². The molecule has 5 aromatic rings. The number of nitrogens with one attached hydrogen (secondary N) is 2. The summed E-state index contributed by atoms with van der Waals surface area (Å²) in [6.45, 7) is 1.86. The van der Waals surface area contributed by atoms with Gasteiger partial charge in [0.2, 0.25) is 5.95 Å². The summed E-state index contributed by atoms with van der Waals surface area (Å²) in [5, 5.41) is 11.1. The SMILES string of the molecule is CI.Cc1nc(Nc2nc(-c3ccc(-c4ccccc4)cc3)nc3ccccc23)n[nH]1. The Bertz CT molecular complexity index is 1280. The fourth-order valence-electron chi connectivity index (χ4n) is 3.25. The van der Waals surface area contributed by atoms with Gasteiger partial charge in [-0.15, -0.1) is 5.10 Å². The Morgan fingerprint density at radius 3 is 2.06 bits per heavy atom. The number of rotatable bonds is 4. The van der Waals surface area contributed by atoms with Crippen molar-refractivity contribution in [3.05, 3.63) is 84.7 Å². The van der Waals surface area contributed by atoms with Crippen molar-refractivity contribution in [2.75, 3.05) is 10.2 Å². The molecule has 0 unspecified atom stereocenters. The van der Waals surface area contributed by atoms with Crippen LogP contribution in [-0.4, -0.2) is 30.1 Å². The third-order valence-electron chi connectivity index (χ3n) is 4.68. The predicted molar refractivity (Wildman–Crippen MR) is 135 cm³/mol. The molecule has 0 aliphatic heterocycles. The molecule has 0 bridgehead atoms. The molecule has 0 aliphatic rings. The van der Waals surface area contributed by atoms with Crippen LogP contribution in [0.1, 0.15) is 5.82 Å². The number of para-hydroxylation sites is 1. The molecule has 0 fully saturated rings. The summed E-state index contributed by atoms with van der Waals surface area (Å²) >= 11 is 2.15. The zero-order valence-electron chi connectivity index (χ0n) is 17.2. The number of aryl methyl sites for hydroxylation is 1. The Hall–Kier alpha value is -3.33. The predicted octanol–water partition coefficient (Wildman–Crippen LogP) is 6.19. The molecule has 2 heterocycles. The van der Waals surface area contributed by atoms with Gasteiger partial charge in [0.1, 0.15) is 11.6 Å². The fourth-order valence-corrected chi connectivity index (χ4v) is 3.25. The molecule has 154 valence electrons. The van der Waals surface area contributed by atoms with E-state index in [0.717, 1.165) is 27.9 Å². The quantitative estimate of drug-likeness (QED) is 0.218. The topological polar surface area (TPSA) is 79.4 Å². The number of alkyl halides is 1. The van der Waals surface area contributed by atoms with E-state index in [4.69, 9.17) is 9.97 Å². The van der Waals surface area contributed by atoms with E-state index in [-0.39, 0.29) is 0 Å². The largest absolute Gasteiger partial charge is 0.307 e. The first-order valence-corrected chi connectivity index (χ1v) is 11.9. The Morgan fingerprint density at radius 2 is 1.35 bits per heavy atom. The molecular formula is C24H21IN6. The number of fused-ring (bicyclic) bond motifs is 1. The van der Waals surface area contributed by atoms with Gasteiger partial charge in [-0.1, -0.05) is 89.3 Å². The molecule has 7 heteroatoms. The second kappa shape index (κ2) is 9.65. The molecular weight excluding hydrogens is 499 g/mol. The van der Waals surface area contributed by atoms with Gasteiger partial charge in [-0.05, 0) is 35.1 Å². The van der Waals surface area contributed by atoms with Gasteiger partial charge in [-0.25, -0.2) is 9.97 Å². The van der Waals surface area contributed by atoms with Gasteiger partial charge in [0, 0.05) is 10.9 Å². The van der Waals surface area contributed by atoms with Crippen LogP contribution in [0.15, 0.2) is 78.9 Å². The Morgan fingerprint density at radius 1 is 0.710 bits per heavy atom. The number of nitrogens with zero attached hydrogens (tertiary/aromatic N) is 4. The van der Waals surface area contributed by atoms with E-state index in [2.05, 4.69) is 67.4 Å². The molecule has 0 atom stereocenters. The van der Waals surface area contributed by atoms with Crippen molar-refractivity contribution in [1.29, 1.82) is 0 Å². The summed E-state index contributed by atoms with van der Waals surface area (Å²) in [6.07, 6.45) is 0. The van der Waals surface area contributed by atoms with Crippen LogP contribution in [0.2, 0.25) is 0 Å². The van der Waals surface area contributed by atoms with Crippen molar-refractivity contribution < 1.29 is 0 Å². The Labute approximate surface area is 194 Å². The molecule has 2 N–H and O–H groups in total. The van der Waals surface area contributed by atoms with Crippen LogP contribution in [-0.2, 0) is 0 Å². The Balaban J connectivity index is 0.00000112. The molecule has 0 aliphatic carbocycles. The van der Waals surface area contributed by atoms with Crippen molar-refractivity contribution >= 4 is 45.3 Å². The van der Waals surface area contributed by atoms with E-state index in [1.807, 2.05) is 66.5 Å². The highest BCUT2D eigenvalue weighted by molar-refractivity contribution is 14.1. The molecule has 0 radical (unpaired) electrons. The number of H-pyrrole nitrogens is 1. The second-order valence-corrected chi connectivity index (χ2v) is 6.73. The highest BCUT2D eigenvalue weighted by Crippen LogP contribution is 2.28. The van der Waals surface area contributed by atoms with E-state index < -0.39 is 0 Å². The summed E-state index contributed by atoms with van der Waals surface area (Å²) in [7, 11) is 0. The maximum atomic E-state index is 4.76. The standard InChI is InChI=1S/C23H18N6.CH3I/c1-15-24-23(29-28-15)27-22-19-9-5-6-10-20(19)25-21(26-22)18-13-11-17(12-14-18)16-7-3-2-4-8-16;1-2/h2-14H,1H3,(H2,24,25,26,27,28,29);1H3. The van der Waals surface area contributed by atoms with E-state index in [0.29, 0.717) is 17.6 Å². The molecule has 0 spiro atoms. The average molecular weight is 520 g/mol. The molecule has 3 aromatic carbocycles. The first kappa shape index (κ1) is 20.9. The van der Waals surface area contributed by atoms with Crippen molar-refractivity contribution in [1.82, 2.24) is 25.1 Å². The number of benzene rings is 3. The van der Waals surface area contributed by atoms with Gasteiger partial charge in [-0.3, -0.25) is 5.10 Å². The third-order valence-corrected chi connectivity index (χ3v) is 4.68. The lowest BCUT2D eigenvalue weighted by atomic mass is 10.0. The highest BCUT2D eigenvalue weighted by Gasteiger charge is 2.11. The van der Waals surface area contributed by atoms with Gasteiger partial charge in [0.05, 0.1) is 5.52 Å². The van der Waals surface area contributed by atoms with E-state index in [1.165, 1.54) is 5.56 Å². The van der Waals surface area contributed by atoms with Gasteiger partial charge < -0.3 is 5.32 Å². The van der Waals surface area contributed by atoms with E-state index in [9.17, 15) is 0 Å². The van der Waals surface area contributed by atoms with Crippen LogP contribution in [0, 0.1) is 6.92 Å². The number of aromatic amines is 1. The smallest absolute Gasteiger partial charge is 0.247 e. The van der Waals surface area contributed by atoms with Crippen molar-refractivity contribution in [3.8, 4) is 22.5 Å². The van der Waals surface area contributed by atoms with Crippen molar-refractivity contribution in [3.63, 3.8) is 0 Å². The first-order chi connectivity index (χ1) is 15.3. The lowest BCUT2D eigenvalue weighted by molar-refractivity contribution is 1.04. The van der Waals surface area contributed by atoms with E-state index in [1.54, 1.807) is 0 Å². The summed E-state index contributed by atoms with van der Waals surface area (Å²) in [4.78, 5) is 15.8. The van der Waals surface area contributed by atoms with Crippen molar-refractivity contribution in [2.45, 2.75) is 6.92 Å². The van der Waals surface area contributed by atoms with Crippen molar-refractivity contribution in [2.24, 2.45) is 0 Å². The van der Waals surface area contributed by atoms with Crippen LogP contribution in [0.4, 0.5) is 11.8 Å². The molecule has 0 saturated heterocycles. The second-order valence-electron chi connectivity index (χ2n) is 6.73. The number of halogens is 1. The van der Waals surface area contributed by atoms with Gasteiger partial charge in [0.15, 0.2) is 5.82 Å². The maximum absolute atomic E-state index is 4.76. The van der Waals surface area contributed by atoms with Crippen LogP contribution in [0.25, 0.3) is 33.4 Å². The molecule has 2 aromatic heterocycles. The minimum Gasteiger partial charge on any atom is -0.307 e. The average Bonchev–Trinajstić information content (AvgIpc) is 3.25. The third kappa shape index (κ3) is 4.72. The molecule has 0 saturated carbocycles. The lowest BCUT2D eigenvalue weighted by Crippen LogP contribution is -2.00. The van der Waals surface area contributed by atoms with Crippen LogP contribution < -0.4 is 5.32 Å². The first-order valence-electron chi connectivity index (χ1n) is 9.73. The van der Waals surface area contributed by atoms with Crippen LogP contribution in [0.5, 0.6) is 0 Å². The number of aromatic nitrogens is 5. The van der Waals surface area contributed by atoms with Gasteiger partial charge in [-0.2, -0.15) is 4.98 Å². The summed E-state index contributed by atoms with van der Waals surface area (Å²) < 4.78 is 0. The highest BCUT2D eigenvalue weighted by atomic mass is 127. The minimum atomic E-state index is 0.483.